The number of aromatic nitrogens is 1. The molecule has 2 aromatic carbocycles. The SMILES string of the molecule is O=C1C(=O)N(c2cc(Cl)ccc2O)C(c2cccnc2)/C1=C(\O)c1ccc(Cl)c(Cl)c1. The van der Waals surface area contributed by atoms with Gasteiger partial charge in [-0.15, -0.1) is 0 Å². The van der Waals surface area contributed by atoms with E-state index in [0.717, 1.165) is 4.90 Å². The summed E-state index contributed by atoms with van der Waals surface area (Å²) in [6.07, 6.45) is 3.00. The molecule has 0 radical (unpaired) electrons. The number of anilines is 1. The van der Waals surface area contributed by atoms with Gasteiger partial charge < -0.3 is 10.2 Å². The minimum atomic E-state index is -1.06. The number of hydrogen-bond acceptors (Lipinski definition) is 5. The number of aromatic hydroxyl groups is 1. The van der Waals surface area contributed by atoms with Crippen LogP contribution in [0.2, 0.25) is 15.1 Å². The molecule has 2 heterocycles. The van der Waals surface area contributed by atoms with E-state index >= 15 is 0 Å². The first-order valence-corrected chi connectivity index (χ1v) is 10.1. The molecule has 1 aliphatic rings. The fourth-order valence-electron chi connectivity index (χ4n) is 3.42. The smallest absolute Gasteiger partial charge is 0.300 e. The molecule has 0 saturated carbocycles. The first-order valence-electron chi connectivity index (χ1n) is 8.94. The summed E-state index contributed by atoms with van der Waals surface area (Å²) in [4.78, 5) is 31.2. The number of aliphatic hydroxyl groups excluding tert-OH is 1. The second-order valence-corrected chi connectivity index (χ2v) is 7.97. The van der Waals surface area contributed by atoms with E-state index in [2.05, 4.69) is 4.98 Å². The first-order chi connectivity index (χ1) is 14.8. The van der Waals surface area contributed by atoms with Crippen molar-refractivity contribution in [3.8, 4) is 5.75 Å². The quantitative estimate of drug-likeness (QED) is 0.302. The number of ketones is 1. The molecule has 1 amide bonds. The lowest BCUT2D eigenvalue weighted by molar-refractivity contribution is -0.132. The van der Waals surface area contributed by atoms with Crippen LogP contribution in [0.3, 0.4) is 0 Å². The van der Waals surface area contributed by atoms with Gasteiger partial charge in [0.15, 0.2) is 0 Å². The molecule has 156 valence electrons. The van der Waals surface area contributed by atoms with E-state index in [9.17, 15) is 19.8 Å². The average Bonchev–Trinajstić information content (AvgIpc) is 3.02. The summed E-state index contributed by atoms with van der Waals surface area (Å²) in [6.45, 7) is 0. The van der Waals surface area contributed by atoms with Gasteiger partial charge in [0, 0.05) is 23.0 Å². The summed E-state index contributed by atoms with van der Waals surface area (Å²) in [5, 5.41) is 22.1. The van der Waals surface area contributed by atoms with E-state index in [1.54, 1.807) is 12.1 Å². The van der Waals surface area contributed by atoms with E-state index in [1.807, 2.05) is 0 Å². The minimum absolute atomic E-state index is 0.0247. The first kappa shape index (κ1) is 21.2. The number of aliphatic hydroxyl groups is 1. The van der Waals surface area contributed by atoms with Crippen molar-refractivity contribution >= 4 is 57.9 Å². The van der Waals surface area contributed by atoms with E-state index < -0.39 is 23.5 Å². The van der Waals surface area contributed by atoms with Gasteiger partial charge in [0.2, 0.25) is 0 Å². The van der Waals surface area contributed by atoms with Gasteiger partial charge in [0.25, 0.3) is 11.7 Å². The molecule has 1 saturated heterocycles. The van der Waals surface area contributed by atoms with Crippen LogP contribution >= 0.6 is 34.8 Å². The van der Waals surface area contributed by atoms with Crippen LogP contribution in [0.5, 0.6) is 5.75 Å². The molecule has 2 N–H and O–H groups in total. The molecular weight excluding hydrogens is 463 g/mol. The second-order valence-electron chi connectivity index (χ2n) is 6.72. The number of benzene rings is 2. The third kappa shape index (κ3) is 3.74. The monoisotopic (exact) mass is 474 g/mol. The fourth-order valence-corrected chi connectivity index (χ4v) is 3.89. The lowest BCUT2D eigenvalue weighted by Gasteiger charge is -2.25. The molecule has 0 aliphatic carbocycles. The topological polar surface area (TPSA) is 90.7 Å². The summed E-state index contributed by atoms with van der Waals surface area (Å²) >= 11 is 18.1. The molecule has 1 atom stereocenters. The molecule has 1 unspecified atom stereocenters. The van der Waals surface area contributed by atoms with Gasteiger partial charge in [-0.3, -0.25) is 19.5 Å². The molecule has 1 aliphatic heterocycles. The van der Waals surface area contributed by atoms with Crippen molar-refractivity contribution in [2.75, 3.05) is 4.90 Å². The van der Waals surface area contributed by atoms with Gasteiger partial charge in [0.05, 0.1) is 27.3 Å². The number of carbonyl (C=O) groups excluding carboxylic acids is 2. The number of pyridine rings is 1. The van der Waals surface area contributed by atoms with Crippen LogP contribution in [0, 0.1) is 0 Å². The summed E-state index contributed by atoms with van der Waals surface area (Å²) in [5.74, 6) is -2.56. The zero-order valence-corrected chi connectivity index (χ0v) is 17.9. The Bertz CT molecular complexity index is 1240. The summed E-state index contributed by atoms with van der Waals surface area (Å²) in [7, 11) is 0. The number of hydrogen-bond donors (Lipinski definition) is 2. The Morgan fingerprint density at radius 1 is 1.00 bits per heavy atom. The van der Waals surface area contributed by atoms with Gasteiger partial charge >= 0.3 is 0 Å². The highest BCUT2D eigenvalue weighted by atomic mass is 35.5. The Morgan fingerprint density at radius 3 is 2.45 bits per heavy atom. The predicted molar refractivity (Wildman–Crippen MR) is 119 cm³/mol. The van der Waals surface area contributed by atoms with Crippen molar-refractivity contribution in [1.29, 1.82) is 0 Å². The maximum atomic E-state index is 13.0. The maximum Gasteiger partial charge on any atom is 0.300 e. The molecule has 3 aromatic rings. The Hall–Kier alpha value is -3.06. The van der Waals surface area contributed by atoms with Crippen LogP contribution in [0.15, 0.2) is 66.5 Å². The molecule has 0 spiro atoms. The molecule has 0 bridgehead atoms. The van der Waals surface area contributed by atoms with E-state index in [4.69, 9.17) is 34.8 Å². The van der Waals surface area contributed by atoms with E-state index in [1.165, 1.54) is 48.8 Å². The van der Waals surface area contributed by atoms with Gasteiger partial charge in [-0.1, -0.05) is 40.9 Å². The second kappa shape index (κ2) is 8.23. The molecule has 4 rings (SSSR count). The third-order valence-electron chi connectivity index (χ3n) is 4.83. The molecule has 31 heavy (non-hydrogen) atoms. The van der Waals surface area contributed by atoms with Gasteiger partial charge in [-0.05, 0) is 48.0 Å². The van der Waals surface area contributed by atoms with E-state index in [0.29, 0.717) is 5.56 Å². The molecule has 6 nitrogen and oxygen atoms in total. The maximum absolute atomic E-state index is 13.0. The fraction of sp³-hybridized carbons (Fsp3) is 0.0455. The van der Waals surface area contributed by atoms with Crippen molar-refractivity contribution in [3.05, 3.63) is 92.7 Å². The van der Waals surface area contributed by atoms with Gasteiger partial charge in [-0.25, -0.2) is 0 Å². The number of Topliss-reactive ketones (excluding diaryl/α,β-unsaturated/α-hetero) is 1. The van der Waals surface area contributed by atoms with Gasteiger partial charge in [-0.2, -0.15) is 0 Å². The largest absolute Gasteiger partial charge is 0.507 e. The van der Waals surface area contributed by atoms with Crippen LogP contribution < -0.4 is 4.90 Å². The van der Waals surface area contributed by atoms with E-state index in [-0.39, 0.29) is 37.6 Å². The summed E-state index contributed by atoms with van der Waals surface area (Å²) in [5.41, 5.74) is 0.492. The third-order valence-corrected chi connectivity index (χ3v) is 5.81. The highest BCUT2D eigenvalue weighted by molar-refractivity contribution is 6.52. The Balaban J connectivity index is 1.98. The van der Waals surface area contributed by atoms with Crippen molar-refractivity contribution < 1.29 is 19.8 Å². The van der Waals surface area contributed by atoms with Crippen LogP contribution in [0.25, 0.3) is 5.76 Å². The van der Waals surface area contributed by atoms with Crippen LogP contribution in [-0.2, 0) is 9.59 Å². The van der Waals surface area contributed by atoms with Gasteiger partial charge in [0.1, 0.15) is 11.5 Å². The Morgan fingerprint density at radius 2 is 1.77 bits per heavy atom. The number of amides is 1. The standard InChI is InChI=1S/C22H13Cl3N2O4/c23-13-4-6-17(28)16(9-13)27-19(12-2-1-7-26-10-12)18(21(30)22(27)31)20(29)11-3-5-14(24)15(25)8-11/h1-10,19,28-29H/b20-18+. The van der Waals surface area contributed by atoms with Crippen molar-refractivity contribution in [1.82, 2.24) is 4.98 Å². The van der Waals surface area contributed by atoms with Crippen LogP contribution in [0.4, 0.5) is 5.69 Å². The highest BCUT2D eigenvalue weighted by Gasteiger charge is 2.47. The van der Waals surface area contributed by atoms with Crippen LogP contribution in [-0.4, -0.2) is 26.9 Å². The number of phenols is 1. The molecule has 1 fully saturated rings. The zero-order valence-electron chi connectivity index (χ0n) is 15.6. The lowest BCUT2D eigenvalue weighted by Crippen LogP contribution is -2.29. The Kier molecular flexibility index (Phi) is 5.62. The number of nitrogens with zero attached hydrogens (tertiary/aromatic N) is 2. The summed E-state index contributed by atoms with van der Waals surface area (Å²) < 4.78 is 0. The molecular formula is C22H13Cl3N2O4. The number of halogens is 3. The molecule has 9 heteroatoms. The normalized spacial score (nSPS) is 17.9. The summed E-state index contributed by atoms with van der Waals surface area (Å²) in [6, 6.07) is 10.7. The zero-order chi connectivity index (χ0) is 22.3. The lowest BCUT2D eigenvalue weighted by atomic mass is 9.96. The van der Waals surface area contributed by atoms with Crippen molar-refractivity contribution in [2.45, 2.75) is 6.04 Å². The van der Waals surface area contributed by atoms with Crippen molar-refractivity contribution in [2.24, 2.45) is 0 Å². The number of rotatable bonds is 3. The minimum Gasteiger partial charge on any atom is -0.507 e. The number of phenolic OH excluding ortho intramolecular Hbond substituents is 1. The highest BCUT2D eigenvalue weighted by Crippen LogP contribution is 2.45. The predicted octanol–water partition coefficient (Wildman–Crippen LogP) is 5.37. The average molecular weight is 476 g/mol. The molecule has 1 aromatic heterocycles. The Labute approximate surface area is 191 Å². The number of carbonyl (C=O) groups is 2. The van der Waals surface area contributed by atoms with Crippen molar-refractivity contribution in [3.63, 3.8) is 0 Å². The van der Waals surface area contributed by atoms with Crippen LogP contribution in [0.1, 0.15) is 17.2 Å².